The van der Waals surface area contributed by atoms with E-state index in [2.05, 4.69) is 55.6 Å². The molecule has 0 spiro atoms. The van der Waals surface area contributed by atoms with E-state index in [0.717, 1.165) is 51.4 Å². The average Bonchev–Trinajstić information content (AvgIpc) is 3.45. The van der Waals surface area contributed by atoms with Crippen LogP contribution in [0, 0.1) is 0 Å². The van der Waals surface area contributed by atoms with Gasteiger partial charge in [0.1, 0.15) is 0 Å². The van der Waals surface area contributed by atoms with Crippen molar-refractivity contribution < 1.29 is 24.5 Å². The zero-order valence-corrected chi connectivity index (χ0v) is 53.1. The van der Waals surface area contributed by atoms with E-state index in [-0.39, 0.29) is 18.5 Å². The van der Waals surface area contributed by atoms with E-state index in [0.29, 0.717) is 19.4 Å². The van der Waals surface area contributed by atoms with Crippen LogP contribution in [0.3, 0.4) is 0 Å². The summed E-state index contributed by atoms with van der Waals surface area (Å²) in [6.45, 7) is 4.92. The molecule has 0 aromatic rings. The second kappa shape index (κ2) is 68.3. The number of amides is 1. The van der Waals surface area contributed by atoms with Crippen molar-refractivity contribution in [3.63, 3.8) is 0 Å². The lowest BCUT2D eigenvalue weighted by atomic mass is 10.0. The average molecular weight is 1110 g/mol. The highest BCUT2D eigenvalue weighted by Crippen LogP contribution is 2.18. The van der Waals surface area contributed by atoms with E-state index >= 15 is 0 Å². The van der Waals surface area contributed by atoms with Crippen LogP contribution in [-0.2, 0) is 14.3 Å². The highest BCUT2D eigenvalue weighted by atomic mass is 16.5. The second-order valence-electron chi connectivity index (χ2n) is 24.2. The third-order valence-corrected chi connectivity index (χ3v) is 16.3. The van der Waals surface area contributed by atoms with Crippen LogP contribution in [0.25, 0.3) is 0 Å². The molecule has 3 N–H and O–H groups in total. The Hall–Kier alpha value is -2.18. The number of unbranched alkanes of at least 4 members (excludes halogenated alkanes) is 49. The van der Waals surface area contributed by atoms with E-state index in [9.17, 15) is 19.8 Å². The maximum Gasteiger partial charge on any atom is 0.305 e. The molecule has 0 aliphatic rings. The standard InChI is InChI=1S/C73H137NO5/c1-3-5-7-9-11-13-15-17-19-21-34-37-41-45-49-53-57-61-65-71(76)70(69-75)74-72(77)66-62-58-54-50-46-42-38-35-31-29-27-25-23-22-24-26-28-30-32-36-40-44-48-52-56-60-64-68-79-73(78)67-63-59-55-51-47-43-39-33-20-18-16-14-12-10-8-6-4-2/h18,20,22-23,26,28,61,65,70-71,75-76H,3-17,19,21,24-25,27,29-60,62-64,66-69H2,1-2H3,(H,74,77)/b20-18-,23-22-,28-26-,65-61+. The summed E-state index contributed by atoms with van der Waals surface area (Å²) in [5, 5.41) is 23.2. The van der Waals surface area contributed by atoms with Gasteiger partial charge in [0, 0.05) is 12.8 Å². The molecule has 0 aromatic carbocycles. The number of rotatable bonds is 66. The van der Waals surface area contributed by atoms with Crippen molar-refractivity contribution in [1.29, 1.82) is 0 Å². The fraction of sp³-hybridized carbons (Fsp3) is 0.863. The topological polar surface area (TPSA) is 95.9 Å². The van der Waals surface area contributed by atoms with Crippen LogP contribution in [0.1, 0.15) is 380 Å². The Kier molecular flexibility index (Phi) is 66.4. The number of aliphatic hydroxyl groups excluding tert-OH is 2. The summed E-state index contributed by atoms with van der Waals surface area (Å²) >= 11 is 0. The smallest absolute Gasteiger partial charge is 0.305 e. The van der Waals surface area contributed by atoms with Gasteiger partial charge in [-0.25, -0.2) is 0 Å². The van der Waals surface area contributed by atoms with E-state index in [1.165, 1.54) is 302 Å². The SMILES string of the molecule is CCCCCCCC/C=C\CCCCCCCCCC(=O)OCCCCCCCCCCC/C=C\C/C=C\CCCCCCCCCCCCCC(=O)NC(CO)C(O)/C=C/CCCCCCCCCCCCCCCCCC. The van der Waals surface area contributed by atoms with Crippen molar-refractivity contribution in [2.45, 2.75) is 392 Å². The first-order valence-corrected chi connectivity index (χ1v) is 35.4. The zero-order valence-electron chi connectivity index (χ0n) is 53.1. The molecule has 464 valence electrons. The maximum absolute atomic E-state index is 12.5. The fourth-order valence-electron chi connectivity index (χ4n) is 10.9. The predicted molar refractivity (Wildman–Crippen MR) is 347 cm³/mol. The number of carbonyl (C=O) groups is 2. The molecule has 0 radical (unpaired) electrons. The van der Waals surface area contributed by atoms with E-state index in [1.807, 2.05) is 6.08 Å². The molecule has 6 heteroatoms. The van der Waals surface area contributed by atoms with Crippen molar-refractivity contribution >= 4 is 11.9 Å². The highest BCUT2D eigenvalue weighted by molar-refractivity contribution is 5.76. The summed E-state index contributed by atoms with van der Waals surface area (Å²) in [6.07, 6.45) is 89.0. The van der Waals surface area contributed by atoms with Crippen LogP contribution in [0.15, 0.2) is 48.6 Å². The molecule has 79 heavy (non-hydrogen) atoms. The highest BCUT2D eigenvalue weighted by Gasteiger charge is 2.18. The molecule has 0 saturated carbocycles. The van der Waals surface area contributed by atoms with Crippen molar-refractivity contribution in [2.75, 3.05) is 13.2 Å². The van der Waals surface area contributed by atoms with Crippen LogP contribution < -0.4 is 5.32 Å². The first-order valence-electron chi connectivity index (χ1n) is 35.4. The van der Waals surface area contributed by atoms with Gasteiger partial charge in [-0.15, -0.1) is 0 Å². The monoisotopic (exact) mass is 1110 g/mol. The van der Waals surface area contributed by atoms with Gasteiger partial charge in [-0.3, -0.25) is 9.59 Å². The van der Waals surface area contributed by atoms with Crippen LogP contribution >= 0.6 is 0 Å². The van der Waals surface area contributed by atoms with Crippen molar-refractivity contribution in [2.24, 2.45) is 0 Å². The Morgan fingerprint density at radius 1 is 0.354 bits per heavy atom. The van der Waals surface area contributed by atoms with E-state index < -0.39 is 12.1 Å². The lowest BCUT2D eigenvalue weighted by molar-refractivity contribution is -0.143. The fourth-order valence-corrected chi connectivity index (χ4v) is 10.9. The first kappa shape index (κ1) is 76.8. The molecule has 1 amide bonds. The summed E-state index contributed by atoms with van der Waals surface area (Å²) < 4.78 is 5.50. The predicted octanol–water partition coefficient (Wildman–Crippen LogP) is 22.9. The number of nitrogens with one attached hydrogen (secondary N) is 1. The normalized spacial score (nSPS) is 12.8. The summed E-state index contributed by atoms with van der Waals surface area (Å²) in [6, 6.07) is -0.632. The molecule has 0 saturated heterocycles. The minimum atomic E-state index is -0.848. The summed E-state index contributed by atoms with van der Waals surface area (Å²) in [4.78, 5) is 24.6. The molecular formula is C73H137NO5. The minimum absolute atomic E-state index is 0.00711. The van der Waals surface area contributed by atoms with Crippen LogP contribution in [0.5, 0.6) is 0 Å². The molecule has 2 atom stereocenters. The maximum atomic E-state index is 12.5. The van der Waals surface area contributed by atoms with Gasteiger partial charge in [0.25, 0.3) is 0 Å². The number of esters is 1. The molecule has 0 aliphatic carbocycles. The van der Waals surface area contributed by atoms with E-state index in [4.69, 9.17) is 4.74 Å². The van der Waals surface area contributed by atoms with Crippen molar-refractivity contribution in [3.8, 4) is 0 Å². The number of carbonyl (C=O) groups excluding carboxylic acids is 2. The Labute approximate surface area is 493 Å². The molecule has 0 heterocycles. The first-order chi connectivity index (χ1) is 39.0. The van der Waals surface area contributed by atoms with Crippen LogP contribution in [0.2, 0.25) is 0 Å². The third-order valence-electron chi connectivity index (χ3n) is 16.3. The zero-order chi connectivity index (χ0) is 57.1. The third kappa shape index (κ3) is 64.8. The second-order valence-corrected chi connectivity index (χ2v) is 24.2. The van der Waals surface area contributed by atoms with Crippen molar-refractivity contribution in [3.05, 3.63) is 48.6 Å². The van der Waals surface area contributed by atoms with Crippen LogP contribution in [-0.4, -0.2) is 47.4 Å². The summed E-state index contributed by atoms with van der Waals surface area (Å²) in [5.41, 5.74) is 0. The molecule has 0 aromatic heterocycles. The molecule has 0 aliphatic heterocycles. The number of aliphatic hydroxyl groups is 2. The van der Waals surface area contributed by atoms with Gasteiger partial charge >= 0.3 is 5.97 Å². The molecule has 0 rings (SSSR count). The van der Waals surface area contributed by atoms with Gasteiger partial charge in [0.2, 0.25) is 5.91 Å². The number of allylic oxidation sites excluding steroid dienone is 7. The largest absolute Gasteiger partial charge is 0.466 e. The quantitative estimate of drug-likeness (QED) is 0.0320. The van der Waals surface area contributed by atoms with Crippen molar-refractivity contribution in [1.82, 2.24) is 5.32 Å². The van der Waals surface area contributed by atoms with Gasteiger partial charge in [-0.2, -0.15) is 0 Å². The minimum Gasteiger partial charge on any atom is -0.466 e. The van der Waals surface area contributed by atoms with Crippen LogP contribution in [0.4, 0.5) is 0 Å². The lowest BCUT2D eigenvalue weighted by Crippen LogP contribution is -2.45. The van der Waals surface area contributed by atoms with Gasteiger partial charge in [-0.05, 0) is 89.9 Å². The van der Waals surface area contributed by atoms with Gasteiger partial charge in [0.05, 0.1) is 25.4 Å². The Morgan fingerprint density at radius 2 is 0.633 bits per heavy atom. The number of hydrogen-bond acceptors (Lipinski definition) is 5. The molecule has 0 fully saturated rings. The molecule has 0 bridgehead atoms. The number of ether oxygens (including phenoxy) is 1. The molecule has 6 nitrogen and oxygen atoms in total. The Balaban J connectivity index is 3.44. The summed E-state index contributed by atoms with van der Waals surface area (Å²) in [5.74, 6) is -0.0617. The Bertz CT molecular complexity index is 1320. The van der Waals surface area contributed by atoms with Gasteiger partial charge in [0.15, 0.2) is 0 Å². The molecular weight excluding hydrogens is 971 g/mol. The van der Waals surface area contributed by atoms with Gasteiger partial charge in [-0.1, -0.05) is 326 Å². The summed E-state index contributed by atoms with van der Waals surface area (Å²) in [7, 11) is 0. The van der Waals surface area contributed by atoms with E-state index in [1.54, 1.807) is 6.08 Å². The molecule has 2 unspecified atom stereocenters. The lowest BCUT2D eigenvalue weighted by Gasteiger charge is -2.20. The Morgan fingerprint density at radius 3 is 0.975 bits per heavy atom. The van der Waals surface area contributed by atoms with Gasteiger partial charge < -0.3 is 20.3 Å². The number of hydrogen-bond donors (Lipinski definition) is 3.